The van der Waals surface area contributed by atoms with E-state index in [1.54, 1.807) is 23.2 Å². The molecule has 5 heteroatoms. The summed E-state index contributed by atoms with van der Waals surface area (Å²) in [6.45, 7) is 5.87. The van der Waals surface area contributed by atoms with Crippen LogP contribution in [0.3, 0.4) is 0 Å². The molecule has 0 radical (unpaired) electrons. The molecule has 124 valence electrons. The van der Waals surface area contributed by atoms with Gasteiger partial charge in [0.1, 0.15) is 11.9 Å². The lowest BCUT2D eigenvalue weighted by atomic mass is 10.0. The number of hydrogen-bond acceptors (Lipinski definition) is 4. The van der Waals surface area contributed by atoms with Crippen molar-refractivity contribution in [3.63, 3.8) is 0 Å². The van der Waals surface area contributed by atoms with Gasteiger partial charge in [-0.15, -0.1) is 0 Å². The Balaban J connectivity index is 2.09. The van der Waals surface area contributed by atoms with Crippen LogP contribution in [-0.4, -0.2) is 23.0 Å². The monoisotopic (exact) mass is 324 g/mol. The highest BCUT2D eigenvalue weighted by molar-refractivity contribution is 5.91. The van der Waals surface area contributed by atoms with Gasteiger partial charge in [-0.3, -0.25) is 14.7 Å². The van der Waals surface area contributed by atoms with Crippen LogP contribution >= 0.6 is 0 Å². The Bertz CT molecular complexity index is 793. The number of anilines is 1. The first-order valence-corrected chi connectivity index (χ1v) is 7.89. The normalized spacial score (nSPS) is 13.5. The molecular formula is C19H20N2O3. The Morgan fingerprint density at radius 2 is 2.04 bits per heavy atom. The van der Waals surface area contributed by atoms with E-state index in [9.17, 15) is 9.59 Å². The molecule has 0 N–H and O–H groups in total. The van der Waals surface area contributed by atoms with Crippen molar-refractivity contribution < 1.29 is 14.3 Å². The predicted octanol–water partition coefficient (Wildman–Crippen LogP) is 3.74. The van der Waals surface area contributed by atoms with Gasteiger partial charge in [-0.05, 0) is 44.0 Å². The fourth-order valence-corrected chi connectivity index (χ4v) is 2.75. The number of carbonyl (C=O) groups is 2. The van der Waals surface area contributed by atoms with Crippen LogP contribution in [0.15, 0.2) is 36.5 Å². The van der Waals surface area contributed by atoms with Gasteiger partial charge in [0, 0.05) is 23.9 Å². The van der Waals surface area contributed by atoms with Crippen molar-refractivity contribution in [2.75, 3.05) is 4.90 Å². The van der Waals surface area contributed by atoms with Crippen LogP contribution in [0.1, 0.15) is 48.0 Å². The molecule has 0 unspecified atom stereocenters. The maximum Gasteiger partial charge on any atom is 0.415 e. The maximum atomic E-state index is 12.7. The molecule has 0 saturated carbocycles. The van der Waals surface area contributed by atoms with Crippen LogP contribution in [0.5, 0.6) is 0 Å². The number of pyridine rings is 1. The number of aldehydes is 1. The van der Waals surface area contributed by atoms with Gasteiger partial charge in [0.15, 0.2) is 0 Å². The number of aromatic nitrogens is 1. The average Bonchev–Trinajstić information content (AvgIpc) is 2.69. The third-order valence-corrected chi connectivity index (χ3v) is 3.82. The summed E-state index contributed by atoms with van der Waals surface area (Å²) in [4.78, 5) is 29.9. The van der Waals surface area contributed by atoms with Crippen LogP contribution in [0.25, 0.3) is 0 Å². The van der Waals surface area contributed by atoms with Crippen molar-refractivity contribution >= 4 is 18.1 Å². The number of benzene rings is 1. The molecule has 1 amide bonds. The molecule has 2 aromatic rings. The first-order valence-electron chi connectivity index (χ1n) is 7.89. The van der Waals surface area contributed by atoms with Gasteiger partial charge in [-0.1, -0.05) is 18.2 Å². The fourth-order valence-electron chi connectivity index (χ4n) is 2.75. The molecule has 5 nitrogen and oxygen atoms in total. The van der Waals surface area contributed by atoms with E-state index in [4.69, 9.17) is 4.74 Å². The van der Waals surface area contributed by atoms with Crippen molar-refractivity contribution in [2.24, 2.45) is 0 Å². The van der Waals surface area contributed by atoms with E-state index in [2.05, 4.69) is 4.98 Å². The summed E-state index contributed by atoms with van der Waals surface area (Å²) in [6.07, 6.45) is 2.72. The number of fused-ring (bicyclic) bond motifs is 2. The zero-order chi connectivity index (χ0) is 17.3. The molecule has 3 rings (SSSR count). The third kappa shape index (κ3) is 3.30. The first kappa shape index (κ1) is 16.2. The van der Waals surface area contributed by atoms with Crippen LogP contribution < -0.4 is 4.90 Å². The van der Waals surface area contributed by atoms with E-state index >= 15 is 0 Å². The van der Waals surface area contributed by atoms with Gasteiger partial charge >= 0.3 is 6.09 Å². The highest BCUT2D eigenvalue weighted by Gasteiger charge is 2.28. The Kier molecular flexibility index (Phi) is 4.09. The number of hydrogen-bond donors (Lipinski definition) is 0. The zero-order valence-corrected chi connectivity index (χ0v) is 14.1. The minimum Gasteiger partial charge on any atom is -0.443 e. The smallest absolute Gasteiger partial charge is 0.415 e. The van der Waals surface area contributed by atoms with Crippen LogP contribution in [0, 0.1) is 0 Å². The highest BCUT2D eigenvalue weighted by atomic mass is 16.6. The minimum atomic E-state index is -0.594. The lowest BCUT2D eigenvalue weighted by Gasteiger charge is -2.27. The number of amides is 1. The Labute approximate surface area is 141 Å². The van der Waals surface area contributed by atoms with Gasteiger partial charge in [0.05, 0.1) is 12.2 Å². The largest absolute Gasteiger partial charge is 0.443 e. The van der Waals surface area contributed by atoms with Crippen molar-refractivity contribution in [2.45, 2.75) is 39.3 Å². The molecule has 0 saturated heterocycles. The van der Waals surface area contributed by atoms with Gasteiger partial charge in [-0.2, -0.15) is 0 Å². The minimum absolute atomic E-state index is 0.368. The number of carbonyl (C=O) groups excluding carboxylic acids is 2. The molecule has 2 heterocycles. The van der Waals surface area contributed by atoms with Gasteiger partial charge in [0.2, 0.25) is 0 Å². The number of rotatable bonds is 1. The summed E-state index contributed by atoms with van der Waals surface area (Å²) in [5.41, 5.74) is 3.50. The van der Waals surface area contributed by atoms with Crippen molar-refractivity contribution in [1.82, 2.24) is 4.98 Å². The molecule has 0 fully saturated rings. The second kappa shape index (κ2) is 6.07. The quantitative estimate of drug-likeness (QED) is 0.750. The second-order valence-electron chi connectivity index (χ2n) is 6.86. The molecule has 1 aromatic carbocycles. The molecule has 0 bridgehead atoms. The van der Waals surface area contributed by atoms with Gasteiger partial charge < -0.3 is 4.74 Å². The molecule has 1 aromatic heterocycles. The highest BCUT2D eigenvalue weighted by Crippen LogP contribution is 2.31. The van der Waals surface area contributed by atoms with Crippen molar-refractivity contribution in [3.05, 3.63) is 58.9 Å². The van der Waals surface area contributed by atoms with E-state index in [1.165, 1.54) is 0 Å². The van der Waals surface area contributed by atoms with E-state index < -0.39 is 11.7 Å². The third-order valence-electron chi connectivity index (χ3n) is 3.82. The first-order chi connectivity index (χ1) is 11.4. The topological polar surface area (TPSA) is 59.5 Å². The lowest BCUT2D eigenvalue weighted by molar-refractivity contribution is 0.0577. The van der Waals surface area contributed by atoms with Crippen molar-refractivity contribution in [1.29, 1.82) is 0 Å². The van der Waals surface area contributed by atoms with Crippen LogP contribution in [0.2, 0.25) is 0 Å². The summed E-state index contributed by atoms with van der Waals surface area (Å²) >= 11 is 0. The second-order valence-corrected chi connectivity index (χ2v) is 6.86. The van der Waals surface area contributed by atoms with Crippen LogP contribution in [-0.2, 0) is 17.7 Å². The average molecular weight is 324 g/mol. The van der Waals surface area contributed by atoms with Crippen molar-refractivity contribution in [3.8, 4) is 0 Å². The number of ether oxygens (including phenoxy) is 1. The fraction of sp³-hybridized carbons (Fsp3) is 0.316. The number of nitrogens with zero attached hydrogens (tertiary/aromatic N) is 2. The van der Waals surface area contributed by atoms with E-state index in [0.29, 0.717) is 24.2 Å². The predicted molar refractivity (Wildman–Crippen MR) is 91.3 cm³/mol. The lowest BCUT2D eigenvalue weighted by Crippen LogP contribution is -2.36. The molecular weight excluding hydrogens is 304 g/mol. The summed E-state index contributed by atoms with van der Waals surface area (Å²) in [5.74, 6) is 0. The molecule has 0 spiro atoms. The van der Waals surface area contributed by atoms with Gasteiger partial charge in [0.25, 0.3) is 0 Å². The maximum absolute atomic E-state index is 12.7. The summed E-state index contributed by atoms with van der Waals surface area (Å²) < 4.78 is 5.56. The molecule has 24 heavy (non-hydrogen) atoms. The Hall–Kier alpha value is -2.69. The molecule has 0 aliphatic carbocycles. The van der Waals surface area contributed by atoms with E-state index in [0.717, 1.165) is 23.1 Å². The molecule has 0 atom stereocenters. The zero-order valence-electron chi connectivity index (χ0n) is 14.1. The van der Waals surface area contributed by atoms with E-state index in [-0.39, 0.29) is 0 Å². The van der Waals surface area contributed by atoms with Gasteiger partial charge in [-0.25, -0.2) is 4.79 Å². The Morgan fingerprint density at radius 1 is 1.25 bits per heavy atom. The van der Waals surface area contributed by atoms with E-state index in [1.807, 2.05) is 39.0 Å². The SMILES string of the molecule is CC(C)(C)OC(=O)N1Cc2cccnc2Cc2ccc(C=O)cc21. The standard InChI is InChI=1S/C19H20N2O3/c1-19(2,3)24-18(23)21-11-15-5-4-8-20-16(15)10-14-7-6-13(12-22)9-17(14)21/h4-9,12H,10-11H2,1-3H3. The molecule has 1 aliphatic rings. The summed E-state index contributed by atoms with van der Waals surface area (Å²) in [6, 6.07) is 9.19. The summed E-state index contributed by atoms with van der Waals surface area (Å²) in [7, 11) is 0. The Morgan fingerprint density at radius 3 is 2.75 bits per heavy atom. The molecule has 1 aliphatic heterocycles. The summed E-state index contributed by atoms with van der Waals surface area (Å²) in [5, 5.41) is 0. The van der Waals surface area contributed by atoms with Crippen LogP contribution in [0.4, 0.5) is 10.5 Å².